The van der Waals surface area contributed by atoms with Gasteiger partial charge in [-0.25, -0.2) is 9.18 Å². The average molecular weight is 282 g/mol. The lowest BCUT2D eigenvalue weighted by molar-refractivity contribution is -0.141. The number of urea groups is 1. The van der Waals surface area contributed by atoms with Crippen LogP contribution in [-0.4, -0.2) is 30.2 Å². The highest BCUT2D eigenvalue weighted by atomic mass is 19.1. The van der Waals surface area contributed by atoms with Gasteiger partial charge < -0.3 is 10.4 Å². The van der Waals surface area contributed by atoms with E-state index in [1.807, 2.05) is 0 Å². The van der Waals surface area contributed by atoms with E-state index >= 15 is 0 Å². The van der Waals surface area contributed by atoms with E-state index in [9.17, 15) is 14.0 Å². The van der Waals surface area contributed by atoms with E-state index in [1.165, 1.54) is 29.2 Å². The third-order valence-electron chi connectivity index (χ3n) is 3.04. The maximum atomic E-state index is 12.9. The van der Waals surface area contributed by atoms with Crippen molar-refractivity contribution in [3.63, 3.8) is 0 Å². The molecule has 2 N–H and O–H groups in total. The zero-order valence-corrected chi connectivity index (χ0v) is 11.6. The molecule has 0 aliphatic heterocycles. The van der Waals surface area contributed by atoms with E-state index in [2.05, 4.69) is 5.32 Å². The van der Waals surface area contributed by atoms with Gasteiger partial charge in [0.2, 0.25) is 0 Å². The van der Waals surface area contributed by atoms with Crippen molar-refractivity contribution in [1.82, 2.24) is 5.32 Å². The number of hydrogen-bond acceptors (Lipinski definition) is 2. The van der Waals surface area contributed by atoms with Gasteiger partial charge in [-0.3, -0.25) is 9.69 Å². The second-order valence-electron chi connectivity index (χ2n) is 4.35. The van der Waals surface area contributed by atoms with Crippen LogP contribution in [0.3, 0.4) is 0 Å². The van der Waals surface area contributed by atoms with Crippen molar-refractivity contribution in [2.45, 2.75) is 20.3 Å². The highest BCUT2D eigenvalue weighted by Gasteiger charge is 2.19. The van der Waals surface area contributed by atoms with Gasteiger partial charge in [0.25, 0.3) is 0 Å². The molecule has 110 valence electrons. The van der Waals surface area contributed by atoms with E-state index in [4.69, 9.17) is 5.11 Å². The Morgan fingerprint density at radius 3 is 2.35 bits per heavy atom. The zero-order chi connectivity index (χ0) is 15.1. The first-order chi connectivity index (χ1) is 9.49. The van der Waals surface area contributed by atoms with Gasteiger partial charge in [-0.05, 0) is 37.6 Å². The Labute approximate surface area is 117 Å². The minimum atomic E-state index is -0.933. The smallest absolute Gasteiger partial charge is 0.321 e. The van der Waals surface area contributed by atoms with Crippen LogP contribution in [0.5, 0.6) is 0 Å². The summed E-state index contributed by atoms with van der Waals surface area (Å²) in [4.78, 5) is 24.3. The third-order valence-corrected chi connectivity index (χ3v) is 3.04. The first kappa shape index (κ1) is 15.9. The Bertz CT molecular complexity index is 462. The van der Waals surface area contributed by atoms with Gasteiger partial charge in [0.1, 0.15) is 5.82 Å². The molecule has 1 aromatic carbocycles. The van der Waals surface area contributed by atoms with Crippen LogP contribution in [0.2, 0.25) is 0 Å². The van der Waals surface area contributed by atoms with Crippen molar-refractivity contribution < 1.29 is 19.1 Å². The number of anilines is 1. The van der Waals surface area contributed by atoms with Crippen molar-refractivity contribution in [3.05, 3.63) is 30.1 Å². The predicted octanol–water partition coefficient (Wildman–Crippen LogP) is 2.47. The number of benzene rings is 1. The number of hydrogen-bond donors (Lipinski definition) is 2. The first-order valence-electron chi connectivity index (χ1n) is 6.53. The Kier molecular flexibility index (Phi) is 5.96. The van der Waals surface area contributed by atoms with E-state index < -0.39 is 11.9 Å². The van der Waals surface area contributed by atoms with E-state index in [-0.39, 0.29) is 18.4 Å². The first-order valence-corrected chi connectivity index (χ1v) is 6.53. The molecule has 1 aromatic rings. The number of carboxylic acid groups (broad SMARTS) is 1. The van der Waals surface area contributed by atoms with Gasteiger partial charge in [0.15, 0.2) is 0 Å². The monoisotopic (exact) mass is 282 g/mol. The van der Waals surface area contributed by atoms with Gasteiger partial charge in [-0.15, -0.1) is 0 Å². The topological polar surface area (TPSA) is 69.6 Å². The number of nitrogens with one attached hydrogen (secondary N) is 1. The molecule has 1 rings (SSSR count). The van der Waals surface area contributed by atoms with Gasteiger partial charge in [0.05, 0.1) is 5.92 Å². The summed E-state index contributed by atoms with van der Waals surface area (Å²) in [7, 11) is 0. The number of rotatable bonds is 6. The summed E-state index contributed by atoms with van der Waals surface area (Å²) in [5.41, 5.74) is 0.565. The molecule has 20 heavy (non-hydrogen) atoms. The molecule has 0 spiro atoms. The van der Waals surface area contributed by atoms with E-state index in [0.29, 0.717) is 18.7 Å². The number of nitrogens with zero attached hydrogens (tertiary/aromatic N) is 1. The summed E-state index contributed by atoms with van der Waals surface area (Å²) in [6, 6.07) is 5.17. The van der Waals surface area contributed by atoms with Crippen LogP contribution in [-0.2, 0) is 4.79 Å². The summed E-state index contributed by atoms with van der Waals surface area (Å²) < 4.78 is 12.9. The molecular formula is C14H19FN2O3. The molecule has 0 heterocycles. The highest BCUT2D eigenvalue weighted by molar-refractivity contribution is 5.92. The molecule has 0 saturated carbocycles. The van der Waals surface area contributed by atoms with Crippen molar-refractivity contribution in [2.24, 2.45) is 5.92 Å². The van der Waals surface area contributed by atoms with E-state index in [1.54, 1.807) is 13.8 Å². The maximum Gasteiger partial charge on any atom is 0.321 e. The predicted molar refractivity (Wildman–Crippen MR) is 74.2 cm³/mol. The lowest BCUT2D eigenvalue weighted by Crippen LogP contribution is -2.43. The molecule has 1 unspecified atom stereocenters. The molecule has 0 bridgehead atoms. The lowest BCUT2D eigenvalue weighted by atomic mass is 10.1. The summed E-state index contributed by atoms with van der Waals surface area (Å²) in [5, 5.41) is 11.5. The van der Waals surface area contributed by atoms with Crippen molar-refractivity contribution in [3.8, 4) is 0 Å². The number of carboxylic acids is 1. The maximum absolute atomic E-state index is 12.9. The number of carbonyl (C=O) groups is 2. The van der Waals surface area contributed by atoms with Gasteiger partial charge in [-0.1, -0.05) is 6.92 Å². The fourth-order valence-corrected chi connectivity index (χ4v) is 1.78. The quantitative estimate of drug-likeness (QED) is 0.842. The van der Waals surface area contributed by atoms with Crippen molar-refractivity contribution in [2.75, 3.05) is 18.0 Å². The molecule has 1 atom stereocenters. The highest BCUT2D eigenvalue weighted by Crippen LogP contribution is 2.14. The van der Waals surface area contributed by atoms with Gasteiger partial charge >= 0.3 is 12.0 Å². The van der Waals surface area contributed by atoms with Crippen LogP contribution in [0.1, 0.15) is 20.3 Å². The summed E-state index contributed by atoms with van der Waals surface area (Å²) in [5.74, 6) is -1.91. The summed E-state index contributed by atoms with van der Waals surface area (Å²) >= 11 is 0. The second-order valence-corrected chi connectivity index (χ2v) is 4.35. The summed E-state index contributed by atoms with van der Waals surface area (Å²) in [6.07, 6.45) is 0.443. The Morgan fingerprint density at radius 1 is 1.30 bits per heavy atom. The SMILES string of the molecule is CCC(CNC(=O)N(CC)c1ccc(F)cc1)C(=O)O. The zero-order valence-electron chi connectivity index (χ0n) is 11.6. The van der Waals surface area contributed by atoms with Crippen LogP contribution >= 0.6 is 0 Å². The molecule has 0 aromatic heterocycles. The number of aliphatic carboxylic acids is 1. The normalized spacial score (nSPS) is 11.8. The standard InChI is InChI=1S/C14H19FN2O3/c1-3-10(13(18)19)9-16-14(20)17(4-2)12-7-5-11(15)6-8-12/h5-8,10H,3-4,9H2,1-2H3,(H,16,20)(H,18,19). The van der Waals surface area contributed by atoms with E-state index in [0.717, 1.165) is 0 Å². The van der Waals surface area contributed by atoms with Crippen LogP contribution in [0, 0.1) is 11.7 Å². The van der Waals surface area contributed by atoms with Crippen LogP contribution < -0.4 is 10.2 Å². The number of carbonyl (C=O) groups excluding carboxylic acids is 1. The summed E-state index contributed by atoms with van der Waals surface area (Å²) in [6.45, 7) is 4.02. The van der Waals surface area contributed by atoms with Crippen LogP contribution in [0.15, 0.2) is 24.3 Å². The second kappa shape index (κ2) is 7.47. The molecule has 0 saturated heterocycles. The molecule has 6 heteroatoms. The molecule has 0 radical (unpaired) electrons. The van der Waals surface area contributed by atoms with Gasteiger partial charge in [-0.2, -0.15) is 0 Å². The molecule has 0 aliphatic rings. The Hall–Kier alpha value is -2.11. The minimum absolute atomic E-state index is 0.0718. The van der Waals surface area contributed by atoms with Gasteiger partial charge in [0, 0.05) is 18.8 Å². The Balaban J connectivity index is 2.68. The Morgan fingerprint density at radius 2 is 1.90 bits per heavy atom. The minimum Gasteiger partial charge on any atom is -0.481 e. The number of amides is 2. The molecule has 5 nitrogen and oxygen atoms in total. The fourth-order valence-electron chi connectivity index (χ4n) is 1.78. The van der Waals surface area contributed by atoms with Crippen molar-refractivity contribution in [1.29, 1.82) is 0 Å². The third kappa shape index (κ3) is 4.22. The van der Waals surface area contributed by atoms with Crippen LogP contribution in [0.4, 0.5) is 14.9 Å². The average Bonchev–Trinajstić information content (AvgIpc) is 2.42. The number of halogens is 1. The van der Waals surface area contributed by atoms with Crippen LogP contribution in [0.25, 0.3) is 0 Å². The molecule has 0 fully saturated rings. The fraction of sp³-hybridized carbons (Fsp3) is 0.429. The molecule has 2 amide bonds. The van der Waals surface area contributed by atoms with Crippen molar-refractivity contribution >= 4 is 17.7 Å². The lowest BCUT2D eigenvalue weighted by Gasteiger charge is -2.22. The molecule has 0 aliphatic carbocycles. The largest absolute Gasteiger partial charge is 0.481 e. The molecular weight excluding hydrogens is 263 g/mol.